The number of hydrogen-bond donors (Lipinski definition) is 2. The van der Waals surface area contributed by atoms with E-state index in [1.165, 1.54) is 0 Å². The number of anilines is 2. The molecule has 1 aliphatic heterocycles. The van der Waals surface area contributed by atoms with Crippen molar-refractivity contribution < 1.29 is 4.74 Å². The van der Waals surface area contributed by atoms with Crippen LogP contribution in [0.4, 0.5) is 11.9 Å². The lowest BCUT2D eigenvalue weighted by atomic mass is 10.2. The second kappa shape index (κ2) is 4.80. The van der Waals surface area contributed by atoms with Gasteiger partial charge in [-0.15, -0.1) is 0 Å². The normalized spacial score (nSPS) is 26.0. The summed E-state index contributed by atoms with van der Waals surface area (Å²) in [5.74, 6) is 0.944. The van der Waals surface area contributed by atoms with Gasteiger partial charge in [0.25, 0.3) is 0 Å². The molecule has 7 heteroatoms. The fourth-order valence-electron chi connectivity index (χ4n) is 2.14. The first-order valence-corrected chi connectivity index (χ1v) is 5.66. The molecule has 1 fully saturated rings. The lowest BCUT2D eigenvalue weighted by Gasteiger charge is -2.34. The van der Waals surface area contributed by atoms with Crippen molar-refractivity contribution in [2.24, 2.45) is 0 Å². The molecule has 0 amide bonds. The van der Waals surface area contributed by atoms with E-state index in [1.807, 2.05) is 0 Å². The summed E-state index contributed by atoms with van der Waals surface area (Å²) in [4.78, 5) is 14.1. The van der Waals surface area contributed by atoms with Crippen LogP contribution in [0.2, 0.25) is 0 Å². The first-order valence-electron chi connectivity index (χ1n) is 5.66. The maximum Gasteiger partial charge on any atom is 0.225 e. The van der Waals surface area contributed by atoms with Gasteiger partial charge in [-0.3, -0.25) is 4.90 Å². The van der Waals surface area contributed by atoms with Crippen molar-refractivity contribution in [3.63, 3.8) is 0 Å². The number of morpholine rings is 1. The molecule has 1 saturated heterocycles. The Morgan fingerprint density at radius 3 is 2.18 bits per heavy atom. The van der Waals surface area contributed by atoms with E-state index in [0.717, 1.165) is 13.1 Å². The van der Waals surface area contributed by atoms with Crippen LogP contribution in [0.1, 0.15) is 19.7 Å². The predicted octanol–water partition coefficient (Wildman–Crippen LogP) is -0.355. The van der Waals surface area contributed by atoms with E-state index in [4.69, 9.17) is 16.2 Å². The molecular weight excluding hydrogens is 220 g/mol. The van der Waals surface area contributed by atoms with E-state index in [2.05, 4.69) is 33.7 Å². The highest BCUT2D eigenvalue weighted by molar-refractivity contribution is 5.25. The van der Waals surface area contributed by atoms with Crippen LogP contribution in [0.5, 0.6) is 0 Å². The van der Waals surface area contributed by atoms with Crippen LogP contribution in [0.15, 0.2) is 0 Å². The molecule has 2 atom stereocenters. The minimum atomic E-state index is 0.168. The van der Waals surface area contributed by atoms with E-state index in [9.17, 15) is 0 Å². The number of rotatable bonds is 2. The van der Waals surface area contributed by atoms with Gasteiger partial charge < -0.3 is 16.2 Å². The van der Waals surface area contributed by atoms with Crippen LogP contribution in [-0.2, 0) is 11.3 Å². The zero-order chi connectivity index (χ0) is 12.4. The second-order valence-electron chi connectivity index (χ2n) is 4.42. The Balaban J connectivity index is 2.04. The van der Waals surface area contributed by atoms with Gasteiger partial charge in [0.2, 0.25) is 11.9 Å². The van der Waals surface area contributed by atoms with Crippen molar-refractivity contribution in [3.8, 4) is 0 Å². The van der Waals surface area contributed by atoms with E-state index in [1.54, 1.807) is 0 Å². The number of nitrogens with zero attached hydrogens (tertiary/aromatic N) is 4. The zero-order valence-electron chi connectivity index (χ0n) is 10.1. The monoisotopic (exact) mass is 238 g/mol. The van der Waals surface area contributed by atoms with Crippen LogP contribution in [-0.4, -0.2) is 45.1 Å². The minimum Gasteiger partial charge on any atom is -0.373 e. The second-order valence-corrected chi connectivity index (χ2v) is 4.42. The number of nitrogen functional groups attached to an aromatic ring is 2. The molecule has 17 heavy (non-hydrogen) atoms. The van der Waals surface area contributed by atoms with E-state index < -0.39 is 0 Å². The van der Waals surface area contributed by atoms with Crippen LogP contribution in [0, 0.1) is 0 Å². The first-order chi connectivity index (χ1) is 8.02. The summed E-state index contributed by atoms with van der Waals surface area (Å²) in [6, 6.07) is 0. The summed E-state index contributed by atoms with van der Waals surface area (Å²) in [5, 5.41) is 0. The third kappa shape index (κ3) is 3.24. The molecule has 0 bridgehead atoms. The molecule has 0 radical (unpaired) electrons. The van der Waals surface area contributed by atoms with Gasteiger partial charge in [0.05, 0.1) is 18.8 Å². The van der Waals surface area contributed by atoms with Crippen molar-refractivity contribution in [2.45, 2.75) is 32.6 Å². The first kappa shape index (κ1) is 12.0. The molecule has 0 saturated carbocycles. The Morgan fingerprint density at radius 2 is 1.65 bits per heavy atom. The third-order valence-corrected chi connectivity index (χ3v) is 2.58. The lowest BCUT2D eigenvalue weighted by Crippen LogP contribution is -2.45. The van der Waals surface area contributed by atoms with Gasteiger partial charge in [0.1, 0.15) is 5.82 Å². The highest BCUT2D eigenvalue weighted by Gasteiger charge is 2.22. The molecule has 2 rings (SSSR count). The molecule has 1 aromatic heterocycles. The molecule has 0 aromatic carbocycles. The Morgan fingerprint density at radius 1 is 1.12 bits per heavy atom. The van der Waals surface area contributed by atoms with Gasteiger partial charge in [-0.25, -0.2) is 0 Å². The maximum absolute atomic E-state index is 5.66. The topological polar surface area (TPSA) is 103 Å². The van der Waals surface area contributed by atoms with Crippen molar-refractivity contribution in [3.05, 3.63) is 5.82 Å². The van der Waals surface area contributed by atoms with Gasteiger partial charge in [0.15, 0.2) is 0 Å². The lowest BCUT2D eigenvalue weighted by molar-refractivity contribution is -0.0710. The molecule has 0 spiro atoms. The van der Waals surface area contributed by atoms with Gasteiger partial charge in [-0.05, 0) is 13.8 Å². The van der Waals surface area contributed by atoms with E-state index in [-0.39, 0.29) is 24.1 Å². The number of ether oxygens (including phenoxy) is 1. The highest BCUT2D eigenvalue weighted by atomic mass is 16.5. The quantitative estimate of drug-likeness (QED) is 0.725. The fraction of sp³-hybridized carbons (Fsp3) is 0.700. The summed E-state index contributed by atoms with van der Waals surface area (Å²) >= 11 is 0. The minimum absolute atomic E-state index is 0.168. The number of aromatic nitrogens is 3. The van der Waals surface area contributed by atoms with E-state index >= 15 is 0 Å². The number of nitrogens with two attached hydrogens (primary N) is 2. The zero-order valence-corrected chi connectivity index (χ0v) is 10.1. The molecule has 1 aliphatic rings. The maximum atomic E-state index is 5.66. The number of hydrogen-bond acceptors (Lipinski definition) is 7. The molecular formula is C10H18N6O. The van der Waals surface area contributed by atoms with Crippen LogP contribution >= 0.6 is 0 Å². The van der Waals surface area contributed by atoms with Crippen LogP contribution in [0.25, 0.3) is 0 Å². The Labute approximate surface area is 100 Å². The molecule has 4 N–H and O–H groups in total. The Bertz CT molecular complexity index is 368. The van der Waals surface area contributed by atoms with Gasteiger partial charge in [-0.2, -0.15) is 15.0 Å². The summed E-state index contributed by atoms with van der Waals surface area (Å²) in [6.45, 7) is 6.44. The van der Waals surface area contributed by atoms with Gasteiger partial charge in [0, 0.05) is 13.1 Å². The predicted molar refractivity (Wildman–Crippen MR) is 63.9 cm³/mol. The fourth-order valence-corrected chi connectivity index (χ4v) is 2.14. The van der Waals surface area contributed by atoms with Crippen LogP contribution < -0.4 is 11.5 Å². The average molecular weight is 238 g/mol. The molecule has 7 nitrogen and oxygen atoms in total. The van der Waals surface area contributed by atoms with Crippen molar-refractivity contribution >= 4 is 11.9 Å². The summed E-state index contributed by atoms with van der Waals surface area (Å²) in [7, 11) is 0. The molecule has 0 unspecified atom stereocenters. The standard InChI is InChI=1S/C10H18N6O/c1-6-3-16(4-7(2)17-6)5-8-13-9(11)15-10(12)14-8/h6-7H,3-5H2,1-2H3,(H4,11,12,13,14,15)/t6-,7-/m1/s1. The van der Waals surface area contributed by atoms with Crippen molar-refractivity contribution in [1.82, 2.24) is 19.9 Å². The largest absolute Gasteiger partial charge is 0.373 e. The van der Waals surface area contributed by atoms with Crippen molar-refractivity contribution in [2.75, 3.05) is 24.6 Å². The van der Waals surface area contributed by atoms with Gasteiger partial charge >= 0.3 is 0 Å². The van der Waals surface area contributed by atoms with Crippen molar-refractivity contribution in [1.29, 1.82) is 0 Å². The molecule has 94 valence electrons. The van der Waals surface area contributed by atoms with Crippen LogP contribution in [0.3, 0.4) is 0 Å². The molecule has 2 heterocycles. The smallest absolute Gasteiger partial charge is 0.225 e. The molecule has 1 aromatic rings. The summed E-state index contributed by atoms with van der Waals surface area (Å²) in [5.41, 5.74) is 11.1. The average Bonchev–Trinajstić information content (AvgIpc) is 2.13. The highest BCUT2D eigenvalue weighted by Crippen LogP contribution is 2.13. The summed E-state index contributed by atoms with van der Waals surface area (Å²) < 4.78 is 5.66. The summed E-state index contributed by atoms with van der Waals surface area (Å²) in [6.07, 6.45) is 0.436. The Kier molecular flexibility index (Phi) is 3.39. The van der Waals surface area contributed by atoms with E-state index in [0.29, 0.717) is 12.4 Å². The third-order valence-electron chi connectivity index (χ3n) is 2.58. The molecule has 0 aliphatic carbocycles. The Hall–Kier alpha value is -1.47. The SMILES string of the molecule is C[C@@H]1CN(Cc2nc(N)nc(N)n2)C[C@@H](C)O1. The van der Waals surface area contributed by atoms with Gasteiger partial charge in [-0.1, -0.05) is 0 Å².